The van der Waals surface area contributed by atoms with Gasteiger partial charge in [-0.25, -0.2) is 4.79 Å². The number of nitro benzene ring substituents is 1. The van der Waals surface area contributed by atoms with E-state index in [9.17, 15) is 14.9 Å². The SMILES string of the molecule is Cc1ccc(C(=O)O)cc1-c1cccc([N+](=O)[O-])c1. The van der Waals surface area contributed by atoms with Gasteiger partial charge in [-0.1, -0.05) is 18.2 Å². The van der Waals surface area contributed by atoms with Gasteiger partial charge >= 0.3 is 5.97 Å². The smallest absolute Gasteiger partial charge is 0.335 e. The van der Waals surface area contributed by atoms with Crippen LogP contribution in [0.2, 0.25) is 0 Å². The zero-order valence-electron chi connectivity index (χ0n) is 10.2. The molecule has 1 N–H and O–H groups in total. The van der Waals surface area contributed by atoms with Crippen LogP contribution in [0.15, 0.2) is 42.5 Å². The van der Waals surface area contributed by atoms with E-state index in [-0.39, 0.29) is 11.3 Å². The molecule has 2 rings (SSSR count). The summed E-state index contributed by atoms with van der Waals surface area (Å²) in [5.74, 6) is -1.02. The quantitative estimate of drug-likeness (QED) is 0.675. The van der Waals surface area contributed by atoms with E-state index in [1.165, 1.54) is 24.3 Å². The number of hydrogen-bond donors (Lipinski definition) is 1. The van der Waals surface area contributed by atoms with Gasteiger partial charge in [0.1, 0.15) is 0 Å². The molecular weight excluding hydrogens is 246 g/mol. The third-order valence-corrected chi connectivity index (χ3v) is 2.85. The standard InChI is InChI=1S/C14H11NO4/c1-9-5-6-11(14(16)17)8-13(9)10-3-2-4-12(7-10)15(18)19/h2-8H,1H3,(H,16,17). The van der Waals surface area contributed by atoms with E-state index in [1.807, 2.05) is 6.92 Å². The van der Waals surface area contributed by atoms with Crippen LogP contribution < -0.4 is 0 Å². The summed E-state index contributed by atoms with van der Waals surface area (Å²) >= 11 is 0. The number of benzene rings is 2. The number of hydrogen-bond acceptors (Lipinski definition) is 3. The Hall–Kier alpha value is -2.69. The van der Waals surface area contributed by atoms with E-state index in [4.69, 9.17) is 5.11 Å². The first kappa shape index (κ1) is 12.8. The van der Waals surface area contributed by atoms with Crippen LogP contribution in [0.5, 0.6) is 0 Å². The van der Waals surface area contributed by atoms with Crippen LogP contribution in [-0.2, 0) is 0 Å². The summed E-state index contributed by atoms with van der Waals surface area (Å²) in [6.45, 7) is 1.83. The number of rotatable bonds is 3. The third kappa shape index (κ3) is 2.60. The Morgan fingerprint density at radius 3 is 2.58 bits per heavy atom. The molecule has 0 fully saturated rings. The van der Waals surface area contributed by atoms with E-state index < -0.39 is 10.9 Å². The Labute approximate surface area is 109 Å². The lowest BCUT2D eigenvalue weighted by Crippen LogP contribution is -1.97. The molecule has 0 aliphatic carbocycles. The lowest BCUT2D eigenvalue weighted by molar-refractivity contribution is -0.384. The lowest BCUT2D eigenvalue weighted by atomic mass is 9.98. The number of non-ortho nitro benzene ring substituents is 1. The van der Waals surface area contributed by atoms with Crippen LogP contribution in [0.1, 0.15) is 15.9 Å². The number of carboxylic acids is 1. The molecule has 2 aromatic rings. The van der Waals surface area contributed by atoms with E-state index in [0.717, 1.165) is 5.56 Å². The molecule has 0 spiro atoms. The molecule has 5 nitrogen and oxygen atoms in total. The Kier molecular flexibility index (Phi) is 3.29. The van der Waals surface area contributed by atoms with Crippen LogP contribution in [0.4, 0.5) is 5.69 Å². The van der Waals surface area contributed by atoms with Crippen LogP contribution in [0, 0.1) is 17.0 Å². The summed E-state index contributed by atoms with van der Waals surface area (Å²) in [6, 6.07) is 10.9. The van der Waals surface area contributed by atoms with Crippen molar-refractivity contribution in [2.24, 2.45) is 0 Å². The summed E-state index contributed by atoms with van der Waals surface area (Å²) in [6.07, 6.45) is 0. The van der Waals surface area contributed by atoms with Crippen molar-refractivity contribution in [1.29, 1.82) is 0 Å². The fourth-order valence-electron chi connectivity index (χ4n) is 1.85. The number of nitro groups is 1. The molecule has 96 valence electrons. The fourth-order valence-corrected chi connectivity index (χ4v) is 1.85. The second-order valence-corrected chi connectivity index (χ2v) is 4.14. The maximum absolute atomic E-state index is 11.0. The van der Waals surface area contributed by atoms with Crippen molar-refractivity contribution in [3.05, 3.63) is 63.7 Å². The van der Waals surface area contributed by atoms with Gasteiger partial charge < -0.3 is 5.11 Å². The predicted molar refractivity (Wildman–Crippen MR) is 70.2 cm³/mol. The van der Waals surface area contributed by atoms with Crippen LogP contribution in [-0.4, -0.2) is 16.0 Å². The minimum absolute atomic E-state index is 0.0161. The van der Waals surface area contributed by atoms with E-state index in [0.29, 0.717) is 11.1 Å². The number of nitrogens with zero attached hydrogens (tertiary/aromatic N) is 1. The molecule has 19 heavy (non-hydrogen) atoms. The third-order valence-electron chi connectivity index (χ3n) is 2.85. The summed E-state index contributed by atoms with van der Waals surface area (Å²) in [4.78, 5) is 21.2. The normalized spacial score (nSPS) is 10.2. The van der Waals surface area contributed by atoms with Gasteiger partial charge in [0.2, 0.25) is 0 Å². The van der Waals surface area contributed by atoms with Crippen LogP contribution in [0.25, 0.3) is 11.1 Å². The highest BCUT2D eigenvalue weighted by Gasteiger charge is 2.11. The minimum Gasteiger partial charge on any atom is -0.478 e. The van der Waals surface area contributed by atoms with Crippen LogP contribution >= 0.6 is 0 Å². The molecule has 0 saturated carbocycles. The summed E-state index contributed by atoms with van der Waals surface area (Å²) in [7, 11) is 0. The molecule has 0 aliphatic rings. The Morgan fingerprint density at radius 2 is 1.95 bits per heavy atom. The highest BCUT2D eigenvalue weighted by molar-refractivity contribution is 5.90. The van der Waals surface area contributed by atoms with E-state index >= 15 is 0 Å². The first-order valence-electron chi connectivity index (χ1n) is 5.58. The summed E-state index contributed by atoms with van der Waals surface area (Å²) in [5, 5.41) is 19.7. The van der Waals surface area contributed by atoms with Gasteiger partial charge in [-0.3, -0.25) is 10.1 Å². The second-order valence-electron chi connectivity index (χ2n) is 4.14. The lowest BCUT2D eigenvalue weighted by Gasteiger charge is -2.07. The molecule has 0 bridgehead atoms. The van der Waals surface area contributed by atoms with E-state index in [2.05, 4.69) is 0 Å². The number of aryl methyl sites for hydroxylation is 1. The van der Waals surface area contributed by atoms with Gasteiger partial charge in [0, 0.05) is 12.1 Å². The molecule has 0 amide bonds. The van der Waals surface area contributed by atoms with Gasteiger partial charge in [0.25, 0.3) is 5.69 Å². The average Bonchev–Trinajstić information content (AvgIpc) is 2.39. The van der Waals surface area contributed by atoms with E-state index in [1.54, 1.807) is 18.2 Å². The molecule has 2 aromatic carbocycles. The Morgan fingerprint density at radius 1 is 1.21 bits per heavy atom. The molecule has 0 atom stereocenters. The van der Waals surface area contributed by atoms with Crippen molar-refractivity contribution in [3.63, 3.8) is 0 Å². The molecule has 0 aromatic heterocycles. The Bertz CT molecular complexity index is 664. The molecule has 0 radical (unpaired) electrons. The monoisotopic (exact) mass is 257 g/mol. The number of carboxylic acid groups (broad SMARTS) is 1. The largest absolute Gasteiger partial charge is 0.478 e. The molecule has 0 unspecified atom stereocenters. The first-order valence-corrected chi connectivity index (χ1v) is 5.58. The van der Waals surface area contributed by atoms with Crippen molar-refractivity contribution in [3.8, 4) is 11.1 Å². The second kappa shape index (κ2) is 4.89. The van der Waals surface area contributed by atoms with Gasteiger partial charge in [-0.15, -0.1) is 0 Å². The van der Waals surface area contributed by atoms with Crippen molar-refractivity contribution >= 4 is 11.7 Å². The van der Waals surface area contributed by atoms with Gasteiger partial charge in [0.15, 0.2) is 0 Å². The molecule has 5 heteroatoms. The topological polar surface area (TPSA) is 80.4 Å². The van der Waals surface area contributed by atoms with Gasteiger partial charge in [0.05, 0.1) is 10.5 Å². The zero-order valence-corrected chi connectivity index (χ0v) is 10.2. The average molecular weight is 257 g/mol. The fraction of sp³-hybridized carbons (Fsp3) is 0.0714. The molecular formula is C14H11NO4. The number of aromatic carboxylic acids is 1. The van der Waals surface area contributed by atoms with Crippen molar-refractivity contribution in [2.75, 3.05) is 0 Å². The summed E-state index contributed by atoms with van der Waals surface area (Å²) < 4.78 is 0. The Balaban J connectivity index is 2.57. The number of carbonyl (C=O) groups is 1. The highest BCUT2D eigenvalue weighted by Crippen LogP contribution is 2.27. The first-order chi connectivity index (χ1) is 8.99. The maximum Gasteiger partial charge on any atom is 0.335 e. The molecule has 0 saturated heterocycles. The zero-order chi connectivity index (χ0) is 14.0. The molecule has 0 aliphatic heterocycles. The van der Waals surface area contributed by atoms with Gasteiger partial charge in [-0.2, -0.15) is 0 Å². The van der Waals surface area contributed by atoms with Gasteiger partial charge in [-0.05, 0) is 35.7 Å². The van der Waals surface area contributed by atoms with Crippen molar-refractivity contribution in [1.82, 2.24) is 0 Å². The van der Waals surface area contributed by atoms with Crippen molar-refractivity contribution in [2.45, 2.75) is 6.92 Å². The maximum atomic E-state index is 11.0. The highest BCUT2D eigenvalue weighted by atomic mass is 16.6. The van der Waals surface area contributed by atoms with Crippen molar-refractivity contribution < 1.29 is 14.8 Å². The van der Waals surface area contributed by atoms with Crippen LogP contribution in [0.3, 0.4) is 0 Å². The summed E-state index contributed by atoms with van der Waals surface area (Å²) in [5.41, 5.74) is 2.33. The minimum atomic E-state index is -1.02. The predicted octanol–water partition coefficient (Wildman–Crippen LogP) is 3.27. The molecule has 0 heterocycles.